The van der Waals surface area contributed by atoms with Crippen LogP contribution in [0, 0.1) is 25.6 Å². The summed E-state index contributed by atoms with van der Waals surface area (Å²) in [5.74, 6) is 0.0274. The lowest BCUT2D eigenvalue weighted by molar-refractivity contribution is 0.231. The minimum Gasteiger partial charge on any atom is -0.396 e. The first-order valence-electron chi connectivity index (χ1n) is 7.27. The number of hydrogen-bond donors (Lipinski definition) is 3. The molecule has 2 atom stereocenters. The van der Waals surface area contributed by atoms with Gasteiger partial charge in [-0.25, -0.2) is 9.18 Å². The highest BCUT2D eigenvalue weighted by Crippen LogP contribution is 2.19. The third-order valence-electron chi connectivity index (χ3n) is 3.54. The molecule has 5 heteroatoms. The molecule has 0 aromatic heterocycles. The van der Waals surface area contributed by atoms with E-state index in [1.54, 1.807) is 26.0 Å². The molecule has 0 bridgehead atoms. The molecule has 4 nitrogen and oxygen atoms in total. The number of amides is 2. The Balaban J connectivity index is 2.56. The van der Waals surface area contributed by atoms with E-state index >= 15 is 0 Å². The monoisotopic (exact) mass is 296 g/mol. The number of urea groups is 1. The van der Waals surface area contributed by atoms with Gasteiger partial charge in [0.05, 0.1) is 6.04 Å². The number of carbonyl (C=O) groups excluding carboxylic acids is 1. The Morgan fingerprint density at radius 3 is 2.38 bits per heavy atom. The standard InChI is InChI=1S/C16H25FN2O2/c1-10(5-6-20)9-18-16(21)19-13(4)14-7-11(2)15(17)12(3)8-14/h7-8,10,13,20H,5-6,9H2,1-4H3,(H2,18,19,21). The lowest BCUT2D eigenvalue weighted by atomic mass is 10.0. The summed E-state index contributed by atoms with van der Waals surface area (Å²) in [6.45, 7) is 7.90. The van der Waals surface area contributed by atoms with Crippen molar-refractivity contribution >= 4 is 6.03 Å². The first-order valence-corrected chi connectivity index (χ1v) is 7.27. The van der Waals surface area contributed by atoms with Crippen LogP contribution in [-0.4, -0.2) is 24.3 Å². The highest BCUT2D eigenvalue weighted by Gasteiger charge is 2.13. The number of hydrogen-bond acceptors (Lipinski definition) is 2. The van der Waals surface area contributed by atoms with E-state index in [0.29, 0.717) is 24.1 Å². The predicted octanol–water partition coefficient (Wildman–Crippen LogP) is 2.82. The maximum atomic E-state index is 13.6. The molecule has 1 rings (SSSR count). The van der Waals surface area contributed by atoms with Crippen LogP contribution in [-0.2, 0) is 0 Å². The van der Waals surface area contributed by atoms with Crippen molar-refractivity contribution in [2.45, 2.75) is 40.2 Å². The lowest BCUT2D eigenvalue weighted by Gasteiger charge is -2.18. The van der Waals surface area contributed by atoms with Gasteiger partial charge in [0.2, 0.25) is 0 Å². The van der Waals surface area contributed by atoms with Gasteiger partial charge in [-0.3, -0.25) is 0 Å². The van der Waals surface area contributed by atoms with E-state index < -0.39 is 0 Å². The van der Waals surface area contributed by atoms with Gasteiger partial charge >= 0.3 is 6.03 Å². The topological polar surface area (TPSA) is 61.4 Å². The molecule has 0 aliphatic carbocycles. The number of rotatable bonds is 6. The quantitative estimate of drug-likeness (QED) is 0.756. The molecule has 0 saturated carbocycles. The molecule has 3 N–H and O–H groups in total. The molecule has 0 spiro atoms. The molecule has 21 heavy (non-hydrogen) atoms. The Kier molecular flexibility index (Phi) is 6.62. The maximum Gasteiger partial charge on any atom is 0.315 e. The van der Waals surface area contributed by atoms with E-state index in [9.17, 15) is 9.18 Å². The van der Waals surface area contributed by atoms with Crippen LogP contribution in [0.4, 0.5) is 9.18 Å². The number of nitrogens with one attached hydrogen (secondary N) is 2. The van der Waals surface area contributed by atoms with Gasteiger partial charge in [0.15, 0.2) is 0 Å². The van der Waals surface area contributed by atoms with Gasteiger partial charge in [-0.2, -0.15) is 0 Å². The van der Waals surface area contributed by atoms with Crippen LogP contribution < -0.4 is 10.6 Å². The fraction of sp³-hybridized carbons (Fsp3) is 0.562. The van der Waals surface area contributed by atoms with Gasteiger partial charge in [0.25, 0.3) is 0 Å². The molecule has 0 aliphatic rings. The molecule has 2 unspecified atom stereocenters. The van der Waals surface area contributed by atoms with Gasteiger partial charge in [-0.05, 0) is 49.8 Å². The molecule has 1 aromatic carbocycles. The average molecular weight is 296 g/mol. The molecular formula is C16H25FN2O2. The van der Waals surface area contributed by atoms with E-state index in [1.165, 1.54) is 0 Å². The summed E-state index contributed by atoms with van der Waals surface area (Å²) in [4.78, 5) is 11.8. The first kappa shape index (κ1) is 17.4. The highest BCUT2D eigenvalue weighted by molar-refractivity contribution is 5.74. The molecule has 0 heterocycles. The molecule has 0 saturated heterocycles. The normalized spacial score (nSPS) is 13.6. The van der Waals surface area contributed by atoms with Crippen molar-refractivity contribution in [2.75, 3.05) is 13.2 Å². The van der Waals surface area contributed by atoms with Crippen molar-refractivity contribution in [3.8, 4) is 0 Å². The fourth-order valence-corrected chi connectivity index (χ4v) is 2.15. The highest BCUT2D eigenvalue weighted by atomic mass is 19.1. The minimum absolute atomic E-state index is 0.120. The van der Waals surface area contributed by atoms with Crippen LogP contribution in [0.3, 0.4) is 0 Å². The molecule has 2 amide bonds. The second-order valence-electron chi connectivity index (χ2n) is 5.66. The van der Waals surface area contributed by atoms with Gasteiger partial charge in [0, 0.05) is 13.2 Å². The van der Waals surface area contributed by atoms with E-state index in [4.69, 9.17) is 5.11 Å². The largest absolute Gasteiger partial charge is 0.396 e. The molecular weight excluding hydrogens is 271 g/mol. The van der Waals surface area contributed by atoms with Crippen LogP contribution in [0.2, 0.25) is 0 Å². The van der Waals surface area contributed by atoms with Crippen molar-refractivity contribution in [3.63, 3.8) is 0 Å². The summed E-state index contributed by atoms with van der Waals surface area (Å²) < 4.78 is 13.6. The number of aliphatic hydroxyl groups excluding tert-OH is 1. The Labute approximate surface area is 125 Å². The first-order chi connectivity index (χ1) is 9.85. The van der Waals surface area contributed by atoms with Crippen molar-refractivity contribution in [1.29, 1.82) is 0 Å². The van der Waals surface area contributed by atoms with Crippen molar-refractivity contribution in [2.24, 2.45) is 5.92 Å². The van der Waals surface area contributed by atoms with Gasteiger partial charge in [-0.1, -0.05) is 19.1 Å². The Morgan fingerprint density at radius 2 is 1.86 bits per heavy atom. The summed E-state index contributed by atoms with van der Waals surface area (Å²) >= 11 is 0. The summed E-state index contributed by atoms with van der Waals surface area (Å²) in [5, 5.41) is 14.4. The number of carbonyl (C=O) groups is 1. The summed E-state index contributed by atoms with van der Waals surface area (Å²) in [6, 6.07) is 3.05. The minimum atomic E-state index is -0.257. The smallest absolute Gasteiger partial charge is 0.315 e. The van der Waals surface area contributed by atoms with Crippen LogP contribution in [0.1, 0.15) is 43.0 Å². The fourth-order valence-electron chi connectivity index (χ4n) is 2.15. The van der Waals surface area contributed by atoms with E-state index in [0.717, 1.165) is 5.56 Å². The zero-order valence-corrected chi connectivity index (χ0v) is 13.2. The summed E-state index contributed by atoms with van der Waals surface area (Å²) in [6.07, 6.45) is 0.659. The van der Waals surface area contributed by atoms with Crippen molar-refractivity contribution < 1.29 is 14.3 Å². The van der Waals surface area contributed by atoms with Crippen molar-refractivity contribution in [1.82, 2.24) is 10.6 Å². The van der Waals surface area contributed by atoms with E-state index in [-0.39, 0.29) is 30.4 Å². The Morgan fingerprint density at radius 1 is 1.29 bits per heavy atom. The molecule has 0 fully saturated rings. The third-order valence-corrected chi connectivity index (χ3v) is 3.54. The number of aryl methyl sites for hydroxylation is 2. The van der Waals surface area contributed by atoms with Crippen LogP contribution in [0.5, 0.6) is 0 Å². The Hall–Kier alpha value is -1.62. The van der Waals surface area contributed by atoms with Gasteiger partial charge in [-0.15, -0.1) is 0 Å². The second-order valence-corrected chi connectivity index (χ2v) is 5.66. The molecule has 0 radical (unpaired) electrons. The Bertz CT molecular complexity index is 468. The third kappa shape index (κ3) is 5.34. The van der Waals surface area contributed by atoms with E-state index in [1.807, 2.05) is 13.8 Å². The second kappa shape index (κ2) is 7.98. The van der Waals surface area contributed by atoms with Crippen molar-refractivity contribution in [3.05, 3.63) is 34.6 Å². The number of benzene rings is 1. The number of halogens is 1. The predicted molar refractivity (Wildman–Crippen MR) is 81.7 cm³/mol. The van der Waals surface area contributed by atoms with Crippen LogP contribution in [0.15, 0.2) is 12.1 Å². The zero-order valence-electron chi connectivity index (χ0n) is 13.2. The maximum absolute atomic E-state index is 13.6. The number of aliphatic hydroxyl groups is 1. The molecule has 0 aliphatic heterocycles. The van der Waals surface area contributed by atoms with Gasteiger partial charge < -0.3 is 15.7 Å². The van der Waals surface area contributed by atoms with Crippen LogP contribution in [0.25, 0.3) is 0 Å². The zero-order chi connectivity index (χ0) is 16.0. The SMILES string of the molecule is Cc1cc(C(C)NC(=O)NCC(C)CCO)cc(C)c1F. The summed E-state index contributed by atoms with van der Waals surface area (Å²) in [5.41, 5.74) is 2.04. The van der Waals surface area contributed by atoms with Crippen LogP contribution >= 0.6 is 0 Å². The average Bonchev–Trinajstić information content (AvgIpc) is 2.42. The lowest BCUT2D eigenvalue weighted by Crippen LogP contribution is -2.39. The molecule has 1 aromatic rings. The summed E-state index contributed by atoms with van der Waals surface area (Å²) in [7, 11) is 0. The molecule has 118 valence electrons. The van der Waals surface area contributed by atoms with Gasteiger partial charge in [0.1, 0.15) is 5.82 Å². The van der Waals surface area contributed by atoms with E-state index in [2.05, 4.69) is 10.6 Å².